The van der Waals surface area contributed by atoms with Crippen molar-refractivity contribution in [2.24, 2.45) is 11.8 Å². The van der Waals surface area contributed by atoms with Gasteiger partial charge in [-0.3, -0.25) is 4.90 Å². The van der Waals surface area contributed by atoms with E-state index in [1.54, 1.807) is 10.6 Å². The van der Waals surface area contributed by atoms with E-state index in [2.05, 4.69) is 11.9 Å². The minimum atomic E-state index is -3.58. The lowest BCUT2D eigenvalue weighted by Crippen LogP contribution is -2.43. The number of halogens is 1. The van der Waals surface area contributed by atoms with Crippen molar-refractivity contribution >= 4 is 10.0 Å². The molecule has 5 nitrogen and oxygen atoms in total. The Morgan fingerprint density at radius 1 is 1.19 bits per heavy atom. The van der Waals surface area contributed by atoms with E-state index in [1.807, 2.05) is 12.1 Å². The van der Waals surface area contributed by atoms with E-state index >= 15 is 0 Å². The molecule has 1 aliphatic heterocycles. The molecule has 0 bridgehead atoms. The van der Waals surface area contributed by atoms with Crippen LogP contribution in [0.3, 0.4) is 0 Å². The predicted molar refractivity (Wildman–Crippen MR) is 100.0 cm³/mol. The van der Waals surface area contributed by atoms with Crippen LogP contribution in [0.15, 0.2) is 52.0 Å². The van der Waals surface area contributed by atoms with Gasteiger partial charge in [-0.05, 0) is 68.1 Å². The van der Waals surface area contributed by atoms with E-state index in [0.717, 1.165) is 31.6 Å². The lowest BCUT2D eigenvalue weighted by atomic mass is 9.77. The molecule has 2 aromatic rings. The number of rotatable bonds is 5. The van der Waals surface area contributed by atoms with Crippen molar-refractivity contribution in [1.82, 2.24) is 9.21 Å². The first-order valence-corrected chi connectivity index (χ1v) is 10.9. The van der Waals surface area contributed by atoms with Crippen LogP contribution >= 0.6 is 0 Å². The maximum Gasteiger partial charge on any atom is 0.243 e. The third-order valence-corrected chi connectivity index (χ3v) is 7.88. The van der Waals surface area contributed by atoms with Gasteiger partial charge in [0.15, 0.2) is 0 Å². The number of hydrogen-bond donors (Lipinski definition) is 0. The Bertz CT molecular complexity index is 867. The summed E-state index contributed by atoms with van der Waals surface area (Å²) in [6.45, 7) is 1.80. The Hall–Kier alpha value is -1.70. The highest BCUT2D eigenvalue weighted by Gasteiger charge is 2.45. The Balaban J connectivity index is 1.51. The average Bonchev–Trinajstić information content (AvgIpc) is 3.31. The molecule has 4 rings (SSSR count). The highest BCUT2D eigenvalue weighted by molar-refractivity contribution is 7.89. The van der Waals surface area contributed by atoms with Gasteiger partial charge in [0.2, 0.25) is 10.0 Å². The summed E-state index contributed by atoms with van der Waals surface area (Å²) in [6.07, 6.45) is 4.92. The maximum absolute atomic E-state index is 13.2. The molecule has 1 aromatic heterocycles. The van der Waals surface area contributed by atoms with Crippen molar-refractivity contribution in [3.63, 3.8) is 0 Å². The van der Waals surface area contributed by atoms with Crippen LogP contribution in [0.5, 0.6) is 0 Å². The molecule has 27 heavy (non-hydrogen) atoms. The molecular weight excluding hydrogens is 367 g/mol. The standard InChI is InChI=1S/C20H25FN2O3S/c1-22(13-17-5-3-11-26-17)20-6-2-4-15-12-23(14-19(15)20)27(24,25)18-9-7-16(21)8-10-18/h3,5,7-11,15,19-20H,2,4,6,12-14H2,1H3/t15-,19+,20+/m0/s1. The monoisotopic (exact) mass is 392 g/mol. The highest BCUT2D eigenvalue weighted by Crippen LogP contribution is 2.40. The molecule has 2 fully saturated rings. The van der Waals surface area contributed by atoms with Crippen molar-refractivity contribution in [2.45, 2.75) is 36.7 Å². The first-order valence-electron chi connectivity index (χ1n) is 9.43. The molecule has 1 saturated heterocycles. The van der Waals surface area contributed by atoms with E-state index in [-0.39, 0.29) is 4.90 Å². The highest BCUT2D eigenvalue weighted by atomic mass is 32.2. The summed E-state index contributed by atoms with van der Waals surface area (Å²) < 4.78 is 46.2. The van der Waals surface area contributed by atoms with Gasteiger partial charge in [0.05, 0.1) is 17.7 Å². The molecule has 2 heterocycles. The summed E-state index contributed by atoms with van der Waals surface area (Å²) >= 11 is 0. The maximum atomic E-state index is 13.2. The lowest BCUT2D eigenvalue weighted by molar-refractivity contribution is 0.0999. The Kier molecular flexibility index (Phi) is 5.09. The Morgan fingerprint density at radius 2 is 1.96 bits per heavy atom. The molecule has 7 heteroatoms. The number of fused-ring (bicyclic) bond motifs is 1. The number of sulfonamides is 1. The third-order valence-electron chi connectivity index (χ3n) is 6.03. The molecule has 1 saturated carbocycles. The van der Waals surface area contributed by atoms with Gasteiger partial charge in [0, 0.05) is 19.1 Å². The van der Waals surface area contributed by atoms with Gasteiger partial charge in [0.1, 0.15) is 11.6 Å². The number of benzene rings is 1. The van der Waals surface area contributed by atoms with Crippen molar-refractivity contribution < 1.29 is 17.2 Å². The minimum Gasteiger partial charge on any atom is -0.468 e. The average molecular weight is 392 g/mol. The van der Waals surface area contributed by atoms with Crippen LogP contribution in [0.2, 0.25) is 0 Å². The number of nitrogens with zero attached hydrogens (tertiary/aromatic N) is 2. The fraction of sp³-hybridized carbons (Fsp3) is 0.500. The molecule has 1 aliphatic carbocycles. The van der Waals surface area contributed by atoms with Crippen molar-refractivity contribution in [1.29, 1.82) is 0 Å². The van der Waals surface area contributed by atoms with Crippen LogP contribution < -0.4 is 0 Å². The third kappa shape index (κ3) is 3.68. The SMILES string of the molecule is CN(Cc1ccco1)[C@@H]1CCC[C@H]2CN(S(=O)(=O)c3ccc(F)cc3)C[C@H]21. The minimum absolute atomic E-state index is 0.169. The van der Waals surface area contributed by atoms with Crippen LogP contribution in [0.25, 0.3) is 0 Å². The molecule has 3 atom stereocenters. The summed E-state index contributed by atoms with van der Waals surface area (Å²) in [7, 11) is -1.49. The first kappa shape index (κ1) is 18.7. The zero-order chi connectivity index (χ0) is 19.0. The molecule has 0 radical (unpaired) electrons. The molecule has 0 N–H and O–H groups in total. The second-order valence-corrected chi connectivity index (χ2v) is 9.63. The molecule has 1 aromatic carbocycles. The summed E-state index contributed by atoms with van der Waals surface area (Å²) in [5, 5.41) is 0. The van der Waals surface area contributed by atoms with E-state index in [4.69, 9.17) is 4.42 Å². The number of furan rings is 1. The largest absolute Gasteiger partial charge is 0.468 e. The quantitative estimate of drug-likeness (QED) is 0.783. The summed E-state index contributed by atoms with van der Waals surface area (Å²) in [6, 6.07) is 9.31. The first-order chi connectivity index (χ1) is 12.9. The van der Waals surface area contributed by atoms with Gasteiger partial charge in [0.25, 0.3) is 0 Å². The summed E-state index contributed by atoms with van der Waals surface area (Å²) in [5.74, 6) is 1.18. The summed E-state index contributed by atoms with van der Waals surface area (Å²) in [4.78, 5) is 2.46. The molecule has 146 valence electrons. The molecular formula is C20H25FN2O3S. The molecule has 0 spiro atoms. The molecule has 0 amide bonds. The lowest BCUT2D eigenvalue weighted by Gasteiger charge is -2.38. The molecule has 2 aliphatic rings. The van der Waals surface area contributed by atoms with Crippen LogP contribution in [-0.2, 0) is 16.6 Å². The normalized spacial score (nSPS) is 26.4. The predicted octanol–water partition coefficient (Wildman–Crippen LogP) is 3.34. The topological polar surface area (TPSA) is 53.8 Å². The van der Waals surface area contributed by atoms with Crippen molar-refractivity contribution in [3.05, 3.63) is 54.2 Å². The van der Waals surface area contributed by atoms with Crippen LogP contribution in [0.4, 0.5) is 4.39 Å². The molecule has 0 unspecified atom stereocenters. The smallest absolute Gasteiger partial charge is 0.243 e. The zero-order valence-electron chi connectivity index (χ0n) is 15.4. The zero-order valence-corrected chi connectivity index (χ0v) is 16.2. The van der Waals surface area contributed by atoms with Crippen LogP contribution in [0, 0.1) is 17.7 Å². The number of hydrogen-bond acceptors (Lipinski definition) is 4. The second kappa shape index (κ2) is 7.37. The fourth-order valence-corrected chi connectivity index (χ4v) is 6.20. The van der Waals surface area contributed by atoms with Gasteiger partial charge in [-0.15, -0.1) is 0 Å². The van der Waals surface area contributed by atoms with E-state index in [1.165, 1.54) is 24.3 Å². The van der Waals surface area contributed by atoms with Gasteiger partial charge in [-0.1, -0.05) is 6.42 Å². The van der Waals surface area contributed by atoms with Crippen molar-refractivity contribution in [3.8, 4) is 0 Å². The van der Waals surface area contributed by atoms with E-state index in [0.29, 0.717) is 31.0 Å². The fourth-order valence-electron chi connectivity index (χ4n) is 4.66. The van der Waals surface area contributed by atoms with Crippen molar-refractivity contribution in [2.75, 3.05) is 20.1 Å². The van der Waals surface area contributed by atoms with Crippen LogP contribution in [-0.4, -0.2) is 43.8 Å². The van der Waals surface area contributed by atoms with Gasteiger partial charge in [-0.2, -0.15) is 4.31 Å². The van der Waals surface area contributed by atoms with Crippen LogP contribution in [0.1, 0.15) is 25.0 Å². The Labute approximate surface area is 159 Å². The van der Waals surface area contributed by atoms with Gasteiger partial charge >= 0.3 is 0 Å². The van der Waals surface area contributed by atoms with Gasteiger partial charge < -0.3 is 4.42 Å². The van der Waals surface area contributed by atoms with Gasteiger partial charge in [-0.25, -0.2) is 12.8 Å². The Morgan fingerprint density at radius 3 is 2.67 bits per heavy atom. The second-order valence-electron chi connectivity index (χ2n) is 7.69. The van der Waals surface area contributed by atoms with E-state index in [9.17, 15) is 12.8 Å². The van der Waals surface area contributed by atoms with E-state index < -0.39 is 15.8 Å². The summed E-state index contributed by atoms with van der Waals surface area (Å²) in [5.41, 5.74) is 0.